The lowest BCUT2D eigenvalue weighted by molar-refractivity contribution is 0.416. The highest BCUT2D eigenvalue weighted by Gasteiger charge is 2.40. The lowest BCUT2D eigenvalue weighted by atomic mass is 10.1. The minimum Gasteiger partial charge on any atom is -0.309 e. The largest absolute Gasteiger partial charge is 0.309 e. The summed E-state index contributed by atoms with van der Waals surface area (Å²) in [6.07, 6.45) is 9.85. The first kappa shape index (κ1) is 9.40. The van der Waals surface area contributed by atoms with Crippen molar-refractivity contribution < 1.29 is 0 Å². The zero-order valence-electron chi connectivity index (χ0n) is 9.32. The molecule has 82 valence electrons. The Balaban J connectivity index is 1.55. The number of aromatic nitrogens is 2. The number of aryl methyl sites for hydroxylation is 1. The second-order valence-corrected chi connectivity index (χ2v) is 5.10. The van der Waals surface area contributed by atoms with E-state index >= 15 is 0 Å². The third-order valence-corrected chi connectivity index (χ3v) is 3.56. The molecular formula is C12H19N3. The molecule has 1 aromatic rings. The molecule has 0 aliphatic heterocycles. The topological polar surface area (TPSA) is 29.9 Å². The van der Waals surface area contributed by atoms with Crippen LogP contribution in [0.4, 0.5) is 0 Å². The third kappa shape index (κ3) is 2.23. The van der Waals surface area contributed by atoms with Crippen molar-refractivity contribution in [3.63, 3.8) is 0 Å². The molecule has 0 saturated heterocycles. The molecule has 0 atom stereocenters. The van der Waals surface area contributed by atoms with Crippen LogP contribution in [-0.2, 0) is 13.6 Å². The quantitative estimate of drug-likeness (QED) is 0.793. The summed E-state index contributed by atoms with van der Waals surface area (Å²) in [5, 5.41) is 7.91. The molecule has 2 aliphatic rings. The highest BCUT2D eigenvalue weighted by atomic mass is 15.2. The van der Waals surface area contributed by atoms with Gasteiger partial charge in [0.2, 0.25) is 0 Å². The first-order valence-corrected chi connectivity index (χ1v) is 6.04. The molecule has 0 spiro atoms. The van der Waals surface area contributed by atoms with Crippen molar-refractivity contribution in [2.24, 2.45) is 18.9 Å². The van der Waals surface area contributed by atoms with Crippen LogP contribution in [0.1, 0.15) is 31.2 Å². The molecule has 0 unspecified atom stereocenters. The van der Waals surface area contributed by atoms with Crippen LogP contribution in [0.15, 0.2) is 12.4 Å². The first-order chi connectivity index (χ1) is 7.33. The van der Waals surface area contributed by atoms with E-state index in [4.69, 9.17) is 0 Å². The van der Waals surface area contributed by atoms with Gasteiger partial charge in [0.1, 0.15) is 0 Å². The predicted octanol–water partition coefficient (Wildman–Crippen LogP) is 1.70. The van der Waals surface area contributed by atoms with E-state index in [0.717, 1.165) is 24.4 Å². The summed E-state index contributed by atoms with van der Waals surface area (Å²) in [7, 11) is 1.97. The Morgan fingerprint density at radius 3 is 2.53 bits per heavy atom. The lowest BCUT2D eigenvalue weighted by Crippen LogP contribution is -2.32. The number of hydrogen-bond acceptors (Lipinski definition) is 2. The van der Waals surface area contributed by atoms with Gasteiger partial charge in [-0.15, -0.1) is 0 Å². The highest BCUT2D eigenvalue weighted by Crippen LogP contribution is 2.44. The number of hydrogen-bond donors (Lipinski definition) is 1. The van der Waals surface area contributed by atoms with Crippen LogP contribution in [0, 0.1) is 11.8 Å². The van der Waals surface area contributed by atoms with Crippen molar-refractivity contribution >= 4 is 0 Å². The molecule has 3 heteroatoms. The number of rotatable bonds is 5. The Morgan fingerprint density at radius 1 is 1.40 bits per heavy atom. The third-order valence-electron chi connectivity index (χ3n) is 3.56. The van der Waals surface area contributed by atoms with Gasteiger partial charge in [0.25, 0.3) is 0 Å². The van der Waals surface area contributed by atoms with Crippen LogP contribution in [0.25, 0.3) is 0 Å². The van der Waals surface area contributed by atoms with Crippen molar-refractivity contribution in [1.82, 2.24) is 15.1 Å². The van der Waals surface area contributed by atoms with Crippen molar-refractivity contribution in [3.05, 3.63) is 18.0 Å². The van der Waals surface area contributed by atoms with Gasteiger partial charge in [-0.1, -0.05) is 0 Å². The maximum Gasteiger partial charge on any atom is 0.0534 e. The van der Waals surface area contributed by atoms with E-state index in [1.807, 2.05) is 17.9 Å². The summed E-state index contributed by atoms with van der Waals surface area (Å²) < 4.78 is 1.88. The van der Waals surface area contributed by atoms with E-state index in [2.05, 4.69) is 16.6 Å². The molecule has 2 fully saturated rings. The minimum atomic E-state index is 0.796. The SMILES string of the molecule is Cn1cc(CNC(C2CC2)C2CC2)cn1. The van der Waals surface area contributed by atoms with Crippen LogP contribution in [0.3, 0.4) is 0 Å². The molecule has 0 radical (unpaired) electrons. The van der Waals surface area contributed by atoms with Crippen molar-refractivity contribution in [2.75, 3.05) is 0 Å². The van der Waals surface area contributed by atoms with Gasteiger partial charge in [0, 0.05) is 31.4 Å². The average molecular weight is 205 g/mol. The van der Waals surface area contributed by atoms with E-state index < -0.39 is 0 Å². The molecule has 15 heavy (non-hydrogen) atoms. The molecular weight excluding hydrogens is 186 g/mol. The summed E-state index contributed by atoms with van der Waals surface area (Å²) in [5.41, 5.74) is 1.31. The maximum absolute atomic E-state index is 4.19. The molecule has 1 heterocycles. The van der Waals surface area contributed by atoms with Gasteiger partial charge in [-0.25, -0.2) is 0 Å². The summed E-state index contributed by atoms with van der Waals surface area (Å²) >= 11 is 0. The van der Waals surface area contributed by atoms with Gasteiger partial charge < -0.3 is 5.32 Å². The van der Waals surface area contributed by atoms with Crippen LogP contribution < -0.4 is 5.32 Å². The molecule has 2 saturated carbocycles. The molecule has 1 aromatic heterocycles. The Labute approximate surface area is 90.9 Å². The summed E-state index contributed by atoms with van der Waals surface area (Å²) in [6.45, 7) is 0.992. The van der Waals surface area contributed by atoms with Crippen LogP contribution >= 0.6 is 0 Å². The van der Waals surface area contributed by atoms with Crippen LogP contribution in [-0.4, -0.2) is 15.8 Å². The Hall–Kier alpha value is -0.830. The van der Waals surface area contributed by atoms with Crippen LogP contribution in [0.5, 0.6) is 0 Å². The lowest BCUT2D eigenvalue weighted by Gasteiger charge is -2.16. The standard InChI is InChI=1S/C12H19N3/c1-15-8-9(7-14-15)6-13-12(10-2-3-10)11-4-5-11/h7-8,10-13H,2-6H2,1H3. The number of nitrogens with one attached hydrogen (secondary N) is 1. The van der Waals surface area contributed by atoms with Crippen LogP contribution in [0.2, 0.25) is 0 Å². The second-order valence-electron chi connectivity index (χ2n) is 5.10. The molecule has 2 aliphatic carbocycles. The predicted molar refractivity (Wildman–Crippen MR) is 59.3 cm³/mol. The normalized spacial score (nSPS) is 21.2. The fourth-order valence-electron chi connectivity index (χ4n) is 2.43. The maximum atomic E-state index is 4.19. The zero-order valence-corrected chi connectivity index (χ0v) is 9.32. The first-order valence-electron chi connectivity index (χ1n) is 6.04. The van der Waals surface area contributed by atoms with Crippen molar-refractivity contribution in [3.8, 4) is 0 Å². The van der Waals surface area contributed by atoms with Gasteiger partial charge >= 0.3 is 0 Å². The number of nitrogens with zero attached hydrogens (tertiary/aromatic N) is 2. The van der Waals surface area contributed by atoms with Gasteiger partial charge in [0.05, 0.1) is 6.20 Å². The molecule has 1 N–H and O–H groups in total. The Morgan fingerprint density at radius 2 is 2.07 bits per heavy atom. The van der Waals surface area contributed by atoms with Crippen molar-refractivity contribution in [2.45, 2.75) is 38.3 Å². The van der Waals surface area contributed by atoms with Gasteiger partial charge in [-0.2, -0.15) is 5.10 Å². The molecule has 3 rings (SSSR count). The monoisotopic (exact) mass is 205 g/mol. The summed E-state index contributed by atoms with van der Waals surface area (Å²) in [5.74, 6) is 1.96. The second kappa shape index (κ2) is 3.63. The Bertz CT molecular complexity index is 324. The van der Waals surface area contributed by atoms with E-state index in [1.54, 1.807) is 0 Å². The van der Waals surface area contributed by atoms with Gasteiger partial charge in [0.15, 0.2) is 0 Å². The highest BCUT2D eigenvalue weighted by molar-refractivity contribution is 5.05. The van der Waals surface area contributed by atoms with E-state index in [-0.39, 0.29) is 0 Å². The minimum absolute atomic E-state index is 0.796. The zero-order chi connectivity index (χ0) is 10.3. The van der Waals surface area contributed by atoms with Crippen molar-refractivity contribution in [1.29, 1.82) is 0 Å². The van der Waals surface area contributed by atoms with Gasteiger partial charge in [-0.05, 0) is 37.5 Å². The van der Waals surface area contributed by atoms with E-state index in [9.17, 15) is 0 Å². The molecule has 0 amide bonds. The Kier molecular flexibility index (Phi) is 2.28. The smallest absolute Gasteiger partial charge is 0.0534 e. The summed E-state index contributed by atoms with van der Waals surface area (Å²) in [4.78, 5) is 0. The fraction of sp³-hybridized carbons (Fsp3) is 0.750. The fourth-order valence-corrected chi connectivity index (χ4v) is 2.43. The molecule has 0 aromatic carbocycles. The molecule has 0 bridgehead atoms. The average Bonchev–Trinajstić information content (AvgIpc) is 3.09. The van der Waals surface area contributed by atoms with E-state index in [0.29, 0.717) is 0 Å². The summed E-state index contributed by atoms with van der Waals surface area (Å²) in [6, 6.07) is 0.796. The van der Waals surface area contributed by atoms with E-state index in [1.165, 1.54) is 31.2 Å². The van der Waals surface area contributed by atoms with Gasteiger partial charge in [-0.3, -0.25) is 4.68 Å². The molecule has 3 nitrogen and oxygen atoms in total.